The van der Waals surface area contributed by atoms with Crippen LogP contribution in [0.4, 0.5) is 4.39 Å². The van der Waals surface area contributed by atoms with Gasteiger partial charge in [-0.15, -0.1) is 0 Å². The zero-order chi connectivity index (χ0) is 12.3. The molecule has 0 radical (unpaired) electrons. The lowest BCUT2D eigenvalue weighted by Gasteiger charge is -2.10. The number of hydrogen-bond acceptors (Lipinski definition) is 2. The summed E-state index contributed by atoms with van der Waals surface area (Å²) in [7, 11) is 0. The lowest BCUT2D eigenvalue weighted by Crippen LogP contribution is -1.90. The molecule has 0 N–H and O–H groups in total. The first-order valence-electron chi connectivity index (χ1n) is 5.19. The van der Waals surface area contributed by atoms with Gasteiger partial charge >= 0.3 is 0 Å². The molecule has 0 fully saturated rings. The number of hydrogen-bond donors (Lipinski definition) is 0. The molecule has 17 heavy (non-hydrogen) atoms. The summed E-state index contributed by atoms with van der Waals surface area (Å²) >= 11 is 4.96. The van der Waals surface area contributed by atoms with E-state index in [-0.39, 0.29) is 11.1 Å². The zero-order valence-corrected chi connectivity index (χ0v) is 11.6. The Kier molecular flexibility index (Phi) is 4.18. The van der Waals surface area contributed by atoms with E-state index in [0.717, 1.165) is 15.1 Å². The molecule has 0 saturated carbocycles. The lowest BCUT2D eigenvalue weighted by molar-refractivity contribution is 0.625. The second-order valence-corrected chi connectivity index (χ2v) is 5.91. The van der Waals surface area contributed by atoms with Gasteiger partial charge in [0.2, 0.25) is 0 Å². The summed E-state index contributed by atoms with van der Waals surface area (Å²) in [5.41, 5.74) is 0.972. The predicted octanol–water partition coefficient (Wildman–Crippen LogP) is 4.84. The van der Waals surface area contributed by atoms with Gasteiger partial charge in [0.05, 0.1) is 5.03 Å². The third-order valence-corrected chi connectivity index (χ3v) is 3.89. The van der Waals surface area contributed by atoms with Crippen molar-refractivity contribution in [3.05, 3.63) is 58.4 Å². The minimum atomic E-state index is -0.196. The van der Waals surface area contributed by atoms with Crippen LogP contribution in [-0.4, -0.2) is 4.98 Å². The van der Waals surface area contributed by atoms with Crippen molar-refractivity contribution in [1.82, 2.24) is 4.98 Å². The molecule has 2 aromatic rings. The van der Waals surface area contributed by atoms with Crippen molar-refractivity contribution in [2.75, 3.05) is 0 Å². The van der Waals surface area contributed by atoms with E-state index in [4.69, 9.17) is 0 Å². The smallest absolute Gasteiger partial charge is 0.123 e. The summed E-state index contributed by atoms with van der Waals surface area (Å²) in [6.45, 7) is 2.04. The van der Waals surface area contributed by atoms with E-state index in [2.05, 4.69) is 20.9 Å². The van der Waals surface area contributed by atoms with Crippen LogP contribution >= 0.6 is 27.7 Å². The Morgan fingerprint density at radius 2 is 2.12 bits per heavy atom. The van der Waals surface area contributed by atoms with Crippen molar-refractivity contribution in [1.29, 1.82) is 0 Å². The van der Waals surface area contributed by atoms with E-state index in [9.17, 15) is 4.39 Å². The van der Waals surface area contributed by atoms with Gasteiger partial charge in [-0.05, 0) is 52.7 Å². The van der Waals surface area contributed by atoms with Crippen LogP contribution < -0.4 is 0 Å². The minimum Gasteiger partial charge on any atom is -0.249 e. The van der Waals surface area contributed by atoms with Gasteiger partial charge in [0, 0.05) is 15.9 Å². The standard InChI is InChI=1S/C13H11BrFNS/c1-9(10-3-2-4-12(15)7-10)17-13-6-5-11(14)8-16-13/h2-9H,1H3/t9-/m1/s1. The van der Waals surface area contributed by atoms with Crippen LogP contribution in [0.1, 0.15) is 17.7 Å². The fraction of sp³-hybridized carbons (Fsp3) is 0.154. The monoisotopic (exact) mass is 311 g/mol. The van der Waals surface area contributed by atoms with Gasteiger partial charge in [0.25, 0.3) is 0 Å². The Balaban J connectivity index is 2.11. The Bertz CT molecular complexity index is 501. The fourth-order valence-electron chi connectivity index (χ4n) is 1.44. The molecule has 0 unspecified atom stereocenters. The number of rotatable bonds is 3. The third kappa shape index (κ3) is 3.54. The van der Waals surface area contributed by atoms with Crippen LogP contribution in [0, 0.1) is 5.82 Å². The molecule has 88 valence electrons. The summed E-state index contributed by atoms with van der Waals surface area (Å²) in [6.07, 6.45) is 1.76. The molecule has 0 spiro atoms. The molecule has 1 heterocycles. The second kappa shape index (κ2) is 5.65. The molecular formula is C13H11BrFNS. The largest absolute Gasteiger partial charge is 0.249 e. The molecule has 0 aliphatic rings. The highest BCUT2D eigenvalue weighted by molar-refractivity contribution is 9.10. The first-order chi connectivity index (χ1) is 8.15. The molecule has 1 aromatic heterocycles. The molecule has 1 nitrogen and oxygen atoms in total. The van der Waals surface area contributed by atoms with Gasteiger partial charge in [0.15, 0.2) is 0 Å². The van der Waals surface area contributed by atoms with E-state index in [1.54, 1.807) is 30.1 Å². The quantitative estimate of drug-likeness (QED) is 0.752. The number of nitrogens with zero attached hydrogens (tertiary/aromatic N) is 1. The molecule has 0 bridgehead atoms. The fourth-order valence-corrected chi connectivity index (χ4v) is 2.58. The summed E-state index contributed by atoms with van der Waals surface area (Å²) in [6, 6.07) is 10.6. The van der Waals surface area contributed by atoms with Crippen molar-refractivity contribution in [2.45, 2.75) is 17.2 Å². The van der Waals surface area contributed by atoms with Crippen LogP contribution in [0.3, 0.4) is 0 Å². The van der Waals surface area contributed by atoms with Crippen molar-refractivity contribution in [3.63, 3.8) is 0 Å². The average Bonchev–Trinajstić information content (AvgIpc) is 2.32. The average molecular weight is 312 g/mol. The maximum atomic E-state index is 13.1. The highest BCUT2D eigenvalue weighted by atomic mass is 79.9. The van der Waals surface area contributed by atoms with E-state index in [1.807, 2.05) is 25.1 Å². The summed E-state index contributed by atoms with van der Waals surface area (Å²) in [5.74, 6) is -0.196. The van der Waals surface area contributed by atoms with Crippen molar-refractivity contribution >= 4 is 27.7 Å². The van der Waals surface area contributed by atoms with Crippen LogP contribution in [0.25, 0.3) is 0 Å². The maximum Gasteiger partial charge on any atom is 0.123 e. The maximum absolute atomic E-state index is 13.1. The molecule has 0 amide bonds. The highest BCUT2D eigenvalue weighted by Crippen LogP contribution is 2.33. The van der Waals surface area contributed by atoms with Gasteiger partial charge in [-0.25, -0.2) is 9.37 Å². The van der Waals surface area contributed by atoms with Gasteiger partial charge in [0.1, 0.15) is 5.82 Å². The molecule has 0 saturated heterocycles. The van der Waals surface area contributed by atoms with Crippen LogP contribution in [-0.2, 0) is 0 Å². The molecule has 1 atom stereocenters. The SMILES string of the molecule is C[C@@H](Sc1ccc(Br)cn1)c1cccc(F)c1. The first-order valence-corrected chi connectivity index (χ1v) is 6.86. The molecule has 4 heteroatoms. The van der Waals surface area contributed by atoms with Gasteiger partial charge in [-0.1, -0.05) is 23.9 Å². The second-order valence-electron chi connectivity index (χ2n) is 3.63. The number of thioether (sulfide) groups is 1. The van der Waals surface area contributed by atoms with Gasteiger partial charge < -0.3 is 0 Å². The number of benzene rings is 1. The van der Waals surface area contributed by atoms with E-state index in [0.29, 0.717) is 0 Å². The van der Waals surface area contributed by atoms with Crippen molar-refractivity contribution in [3.8, 4) is 0 Å². The first kappa shape index (κ1) is 12.6. The topological polar surface area (TPSA) is 12.9 Å². The van der Waals surface area contributed by atoms with E-state index in [1.165, 1.54) is 6.07 Å². The number of pyridine rings is 1. The van der Waals surface area contributed by atoms with Crippen LogP contribution in [0.2, 0.25) is 0 Å². The van der Waals surface area contributed by atoms with Crippen molar-refractivity contribution < 1.29 is 4.39 Å². The molecule has 0 aliphatic carbocycles. The Morgan fingerprint density at radius 3 is 2.76 bits per heavy atom. The van der Waals surface area contributed by atoms with Crippen molar-refractivity contribution in [2.24, 2.45) is 0 Å². The molecule has 0 aliphatic heterocycles. The zero-order valence-electron chi connectivity index (χ0n) is 9.23. The van der Waals surface area contributed by atoms with E-state index >= 15 is 0 Å². The van der Waals surface area contributed by atoms with Crippen LogP contribution in [0.5, 0.6) is 0 Å². The van der Waals surface area contributed by atoms with E-state index < -0.39 is 0 Å². The lowest BCUT2D eigenvalue weighted by atomic mass is 10.2. The number of aromatic nitrogens is 1. The Hall–Kier alpha value is -0.870. The van der Waals surface area contributed by atoms with Crippen LogP contribution in [0.15, 0.2) is 52.1 Å². The normalized spacial score (nSPS) is 12.4. The van der Waals surface area contributed by atoms with Gasteiger partial charge in [-0.3, -0.25) is 0 Å². The molecular weight excluding hydrogens is 301 g/mol. The summed E-state index contributed by atoms with van der Waals surface area (Å²) in [5, 5.41) is 1.12. The van der Waals surface area contributed by atoms with Gasteiger partial charge in [-0.2, -0.15) is 0 Å². The highest BCUT2D eigenvalue weighted by Gasteiger charge is 2.08. The molecule has 2 rings (SSSR count). The third-order valence-electron chi connectivity index (χ3n) is 2.32. The Morgan fingerprint density at radius 1 is 1.29 bits per heavy atom. The molecule has 1 aromatic carbocycles. The summed E-state index contributed by atoms with van der Waals surface area (Å²) < 4.78 is 14.0. The number of halogens is 2. The Labute approximate surface area is 113 Å². The predicted molar refractivity (Wildman–Crippen MR) is 72.6 cm³/mol. The summed E-state index contributed by atoms with van der Waals surface area (Å²) in [4.78, 5) is 4.29. The minimum absolute atomic E-state index is 0.180.